The third kappa shape index (κ3) is 5.15. The quantitative estimate of drug-likeness (QED) is 0.232. The standard InChI is InChI=1S/C9Cl17O2/c10-2(11,4(14,15)6(18,19)8(22,23)24)3(12,13)5(16,17)7(20,21)9(25,26)28-1-27. The Morgan fingerprint density at radius 3 is 0.929 bits per heavy atom. The van der Waals surface area contributed by atoms with Gasteiger partial charge in [0, 0.05) is 0 Å². The molecule has 0 atom stereocenters. The van der Waals surface area contributed by atoms with Gasteiger partial charge in [0.25, 0.3) is 4.52 Å². The Bertz CT molecular complexity index is 588. The molecule has 0 aromatic heterocycles. The third-order valence-electron chi connectivity index (χ3n) is 2.86. The Hall–Kier alpha value is 4.40. The van der Waals surface area contributed by atoms with E-state index in [0.717, 1.165) is 6.47 Å². The fraction of sp³-hybridized carbons (Fsp3) is 0.889. The molecule has 0 bridgehead atoms. The number of rotatable bonds is 8. The molecule has 0 aliphatic carbocycles. The van der Waals surface area contributed by atoms with Crippen LogP contribution in [0.25, 0.3) is 0 Å². The Labute approximate surface area is 244 Å². The molecule has 0 spiro atoms. The van der Waals surface area contributed by atoms with Gasteiger partial charge in [-0.3, -0.25) is 0 Å². The molecular formula is C9Cl17O2. The van der Waals surface area contributed by atoms with Crippen LogP contribution in [0.15, 0.2) is 0 Å². The van der Waals surface area contributed by atoms with E-state index in [4.69, 9.17) is 197 Å². The molecule has 0 N–H and O–H groups in total. The molecule has 0 saturated carbocycles. The molecule has 0 saturated heterocycles. The molecule has 167 valence electrons. The van der Waals surface area contributed by atoms with Gasteiger partial charge in [0.15, 0.2) is 17.3 Å². The summed E-state index contributed by atoms with van der Waals surface area (Å²) in [6.07, 6.45) is 0. The molecule has 0 aliphatic rings. The van der Waals surface area contributed by atoms with E-state index >= 15 is 0 Å². The highest BCUT2D eigenvalue weighted by Gasteiger charge is 2.81. The van der Waals surface area contributed by atoms with Crippen LogP contribution in [0.3, 0.4) is 0 Å². The van der Waals surface area contributed by atoms with Crippen molar-refractivity contribution in [2.75, 3.05) is 0 Å². The van der Waals surface area contributed by atoms with Gasteiger partial charge in [-0.2, -0.15) is 0 Å². The van der Waals surface area contributed by atoms with Crippen molar-refractivity contribution in [1.82, 2.24) is 0 Å². The average molecular weight is 743 g/mol. The van der Waals surface area contributed by atoms with Crippen molar-refractivity contribution in [2.24, 2.45) is 0 Å². The minimum atomic E-state index is -3.11. The highest BCUT2D eigenvalue weighted by molar-refractivity contribution is 6.83. The summed E-state index contributed by atoms with van der Waals surface area (Å²) in [4.78, 5) is 10.5. The van der Waals surface area contributed by atoms with Crippen molar-refractivity contribution in [2.45, 2.75) is 34.3 Å². The van der Waals surface area contributed by atoms with Crippen molar-refractivity contribution in [3.63, 3.8) is 0 Å². The summed E-state index contributed by atoms with van der Waals surface area (Å²) in [6.45, 7) is 0.852. The first-order valence-corrected chi connectivity index (χ1v) is 12.0. The maximum absolute atomic E-state index is 10.5. The predicted molar refractivity (Wildman–Crippen MR) is 128 cm³/mol. The van der Waals surface area contributed by atoms with E-state index in [1.165, 1.54) is 0 Å². The van der Waals surface area contributed by atoms with Gasteiger partial charge < -0.3 is 4.74 Å². The van der Waals surface area contributed by atoms with E-state index in [-0.39, 0.29) is 0 Å². The zero-order valence-corrected chi connectivity index (χ0v) is 24.6. The molecule has 0 fully saturated rings. The minimum absolute atomic E-state index is 0.852. The van der Waals surface area contributed by atoms with Crippen LogP contribution < -0.4 is 0 Å². The number of alkyl halides is 17. The Kier molecular flexibility index (Phi) is 11.3. The van der Waals surface area contributed by atoms with Crippen molar-refractivity contribution in [3.8, 4) is 0 Å². The predicted octanol–water partition coefficient (Wildman–Crippen LogP) is 9.62. The van der Waals surface area contributed by atoms with Crippen LogP contribution >= 0.6 is 197 Å². The zero-order valence-electron chi connectivity index (χ0n) is 11.7. The summed E-state index contributed by atoms with van der Waals surface area (Å²) >= 11 is 101. The molecule has 0 amide bonds. The van der Waals surface area contributed by atoms with Crippen LogP contribution in [0.4, 0.5) is 0 Å². The number of hydrogen-bond acceptors (Lipinski definition) is 2. The van der Waals surface area contributed by atoms with Crippen LogP contribution in [0.1, 0.15) is 0 Å². The SMILES string of the molecule is O=[C]OC(Cl)(Cl)C(Cl)(Cl)C(Cl)(Cl)C(Cl)(Cl)C(Cl)(Cl)C(Cl)(Cl)C(Cl)(Cl)C(Cl)(Cl)Cl. The Morgan fingerprint density at radius 1 is 0.429 bits per heavy atom. The summed E-state index contributed by atoms with van der Waals surface area (Å²) in [5, 5.41) is 0. The van der Waals surface area contributed by atoms with Crippen molar-refractivity contribution < 1.29 is 9.53 Å². The highest BCUT2D eigenvalue weighted by atomic mass is 35.6. The number of ether oxygens (including phenoxy) is 1. The first-order chi connectivity index (χ1) is 11.8. The molecule has 0 unspecified atom stereocenters. The fourth-order valence-corrected chi connectivity index (χ4v) is 6.19. The highest BCUT2D eigenvalue weighted by Crippen LogP contribution is 2.72. The van der Waals surface area contributed by atoms with Gasteiger partial charge in [0.05, 0.1) is 0 Å². The zero-order chi connectivity index (χ0) is 23.4. The van der Waals surface area contributed by atoms with Gasteiger partial charge >= 0.3 is 6.47 Å². The molecule has 0 aliphatic heterocycles. The van der Waals surface area contributed by atoms with Crippen LogP contribution in [0.5, 0.6) is 0 Å². The molecular weight excluding hydrogens is 743 g/mol. The summed E-state index contributed by atoms with van der Waals surface area (Å²) < 4.78 is -19.5. The van der Waals surface area contributed by atoms with Crippen LogP contribution in [0, 0.1) is 0 Å². The average Bonchev–Trinajstić information content (AvgIpc) is 2.44. The van der Waals surface area contributed by atoms with Crippen molar-refractivity contribution in [3.05, 3.63) is 0 Å². The number of hydrogen-bond donors (Lipinski definition) is 0. The van der Waals surface area contributed by atoms with E-state index in [1.54, 1.807) is 0 Å². The fourth-order valence-electron chi connectivity index (χ4n) is 1.27. The Morgan fingerprint density at radius 2 is 0.679 bits per heavy atom. The van der Waals surface area contributed by atoms with E-state index in [2.05, 4.69) is 4.74 Å². The summed E-state index contributed by atoms with van der Waals surface area (Å²) in [5.41, 5.74) is 0. The van der Waals surface area contributed by atoms with Crippen molar-refractivity contribution >= 4 is 204 Å². The normalized spacial score (nSPS) is 16.2. The van der Waals surface area contributed by atoms with Crippen LogP contribution in [-0.2, 0) is 9.53 Å². The number of halogens is 17. The van der Waals surface area contributed by atoms with Crippen LogP contribution in [-0.4, -0.2) is 40.8 Å². The van der Waals surface area contributed by atoms with E-state index < -0.39 is 34.3 Å². The lowest BCUT2D eigenvalue weighted by Crippen LogP contribution is -2.70. The topological polar surface area (TPSA) is 26.3 Å². The van der Waals surface area contributed by atoms with Crippen molar-refractivity contribution in [1.29, 1.82) is 0 Å². The van der Waals surface area contributed by atoms with E-state index in [9.17, 15) is 4.79 Å². The molecule has 0 aromatic carbocycles. The summed E-state index contributed by atoms with van der Waals surface area (Å²) in [7, 11) is 0. The maximum Gasteiger partial charge on any atom is 0.420 e. The lowest BCUT2D eigenvalue weighted by Gasteiger charge is -2.53. The van der Waals surface area contributed by atoms with Gasteiger partial charge in [-0.15, -0.1) is 0 Å². The molecule has 2 nitrogen and oxygen atoms in total. The van der Waals surface area contributed by atoms with Gasteiger partial charge in [0.2, 0.25) is 12.5 Å². The molecule has 1 radical (unpaired) electrons. The summed E-state index contributed by atoms with van der Waals surface area (Å²) in [5.74, 6) is 0. The monoisotopic (exact) mass is 734 g/mol. The summed E-state index contributed by atoms with van der Waals surface area (Å²) in [6, 6.07) is 0. The molecule has 28 heavy (non-hydrogen) atoms. The first kappa shape index (κ1) is 32.4. The largest absolute Gasteiger partial charge is 0.420 e. The lowest BCUT2D eigenvalue weighted by molar-refractivity contribution is 0.182. The van der Waals surface area contributed by atoms with Gasteiger partial charge in [-0.1, -0.05) is 197 Å². The van der Waals surface area contributed by atoms with Gasteiger partial charge in [-0.25, -0.2) is 4.79 Å². The van der Waals surface area contributed by atoms with E-state index in [1.807, 2.05) is 0 Å². The first-order valence-electron chi connectivity index (χ1n) is 5.58. The second kappa shape index (κ2) is 9.81. The van der Waals surface area contributed by atoms with Crippen LogP contribution in [0.2, 0.25) is 0 Å². The van der Waals surface area contributed by atoms with Gasteiger partial charge in [-0.05, 0) is 0 Å². The molecule has 0 heterocycles. The maximum atomic E-state index is 10.5. The lowest BCUT2D eigenvalue weighted by atomic mass is 10.0. The number of carbonyl (C=O) groups excluding carboxylic acids is 1. The molecule has 19 heteroatoms. The molecule has 0 aromatic rings. The minimum Gasteiger partial charge on any atom is -0.417 e. The third-order valence-corrected chi connectivity index (χ3v) is 14.1. The van der Waals surface area contributed by atoms with E-state index in [0.29, 0.717) is 0 Å². The second-order valence-electron chi connectivity index (χ2n) is 4.65. The molecule has 0 rings (SSSR count). The van der Waals surface area contributed by atoms with Gasteiger partial charge in [0.1, 0.15) is 0 Å². The Balaban J connectivity index is 6.67. The smallest absolute Gasteiger partial charge is 0.417 e. The second-order valence-corrected chi connectivity index (χ2v) is 16.1.